The van der Waals surface area contributed by atoms with E-state index in [1.54, 1.807) is 12.1 Å². The van der Waals surface area contributed by atoms with Gasteiger partial charge in [-0.1, -0.05) is 6.07 Å². The molecule has 0 aliphatic carbocycles. The van der Waals surface area contributed by atoms with Crippen molar-refractivity contribution in [1.29, 1.82) is 0 Å². The minimum Gasteiger partial charge on any atom is -0.374 e. The van der Waals surface area contributed by atoms with Gasteiger partial charge in [0.15, 0.2) is 5.78 Å². The Hall–Kier alpha value is -3.22. The Morgan fingerprint density at radius 1 is 1.38 bits per heavy atom. The summed E-state index contributed by atoms with van der Waals surface area (Å²) in [6.07, 6.45) is 3.79. The number of carbonyl (C=O) groups is 1. The molecular weight excluding hydrogens is 308 g/mol. The van der Waals surface area contributed by atoms with E-state index < -0.39 is 4.92 Å². The van der Waals surface area contributed by atoms with Crippen LogP contribution in [0.3, 0.4) is 0 Å². The van der Waals surface area contributed by atoms with Crippen LogP contribution < -0.4 is 5.32 Å². The van der Waals surface area contributed by atoms with Crippen molar-refractivity contribution in [3.8, 4) is 0 Å². The second-order valence-corrected chi connectivity index (χ2v) is 5.55. The Morgan fingerprint density at radius 3 is 2.83 bits per heavy atom. The van der Waals surface area contributed by atoms with Crippen molar-refractivity contribution in [2.45, 2.75) is 20.4 Å². The summed E-state index contributed by atoms with van der Waals surface area (Å²) in [5.41, 5.74) is 3.24. The van der Waals surface area contributed by atoms with E-state index >= 15 is 0 Å². The van der Waals surface area contributed by atoms with Crippen LogP contribution in [-0.2, 0) is 6.54 Å². The topological polar surface area (TPSA) is 89.5 Å². The minimum absolute atomic E-state index is 0.123. The SMILES string of the molecule is CC(=O)c1ccc(NCc2cn3cccc(C)c3n2)c([N+](=O)[O-])c1. The Morgan fingerprint density at radius 2 is 2.17 bits per heavy atom. The fourth-order valence-electron chi connectivity index (χ4n) is 2.53. The number of rotatable bonds is 5. The van der Waals surface area contributed by atoms with E-state index in [4.69, 9.17) is 0 Å². The second kappa shape index (κ2) is 6.11. The van der Waals surface area contributed by atoms with E-state index in [0.717, 1.165) is 16.9 Å². The molecule has 1 N–H and O–H groups in total. The number of hydrogen-bond donors (Lipinski definition) is 1. The Labute approximate surface area is 138 Å². The average Bonchev–Trinajstić information content (AvgIpc) is 2.97. The van der Waals surface area contributed by atoms with Crippen LogP contribution in [0.5, 0.6) is 0 Å². The molecule has 3 rings (SSSR count). The van der Waals surface area contributed by atoms with Gasteiger partial charge in [0.25, 0.3) is 5.69 Å². The normalized spacial score (nSPS) is 10.8. The van der Waals surface area contributed by atoms with Crippen LogP contribution in [0.25, 0.3) is 5.65 Å². The Kier molecular flexibility index (Phi) is 3.99. The summed E-state index contributed by atoms with van der Waals surface area (Å²) in [6, 6.07) is 8.33. The molecule has 122 valence electrons. The third-order valence-electron chi connectivity index (χ3n) is 3.79. The number of nitro groups is 1. The van der Waals surface area contributed by atoms with E-state index in [-0.39, 0.29) is 11.5 Å². The highest BCUT2D eigenvalue weighted by atomic mass is 16.6. The fourth-order valence-corrected chi connectivity index (χ4v) is 2.53. The molecule has 2 aromatic heterocycles. The van der Waals surface area contributed by atoms with E-state index in [0.29, 0.717) is 17.8 Å². The van der Waals surface area contributed by atoms with Gasteiger partial charge < -0.3 is 9.72 Å². The number of Topliss-reactive ketones (excluding diaryl/α,β-unsaturated/α-hetero) is 1. The molecule has 0 saturated carbocycles. The second-order valence-electron chi connectivity index (χ2n) is 5.55. The highest BCUT2D eigenvalue weighted by Gasteiger charge is 2.16. The van der Waals surface area contributed by atoms with Crippen molar-refractivity contribution >= 4 is 22.8 Å². The third kappa shape index (κ3) is 2.96. The molecule has 0 bridgehead atoms. The largest absolute Gasteiger partial charge is 0.374 e. The van der Waals surface area contributed by atoms with Crippen LogP contribution in [0.1, 0.15) is 28.5 Å². The summed E-state index contributed by atoms with van der Waals surface area (Å²) in [4.78, 5) is 26.6. The molecule has 3 aromatic rings. The van der Waals surface area contributed by atoms with Gasteiger partial charge in [0.05, 0.1) is 17.2 Å². The lowest BCUT2D eigenvalue weighted by Gasteiger charge is -2.06. The number of nitro benzene ring substituents is 1. The molecular formula is C17H16N4O3. The summed E-state index contributed by atoms with van der Waals surface area (Å²) in [5.74, 6) is -0.208. The van der Waals surface area contributed by atoms with Gasteiger partial charge >= 0.3 is 0 Å². The first kappa shape index (κ1) is 15.7. The number of benzene rings is 1. The third-order valence-corrected chi connectivity index (χ3v) is 3.79. The van der Waals surface area contributed by atoms with Gasteiger partial charge in [-0.25, -0.2) is 4.98 Å². The quantitative estimate of drug-likeness (QED) is 0.441. The van der Waals surface area contributed by atoms with E-state index in [1.165, 1.54) is 13.0 Å². The maximum Gasteiger partial charge on any atom is 0.293 e. The molecule has 7 nitrogen and oxygen atoms in total. The van der Waals surface area contributed by atoms with Crippen molar-refractivity contribution < 1.29 is 9.72 Å². The highest BCUT2D eigenvalue weighted by Crippen LogP contribution is 2.26. The van der Waals surface area contributed by atoms with Crippen LogP contribution in [-0.4, -0.2) is 20.1 Å². The molecule has 2 heterocycles. The first-order valence-electron chi connectivity index (χ1n) is 7.42. The van der Waals surface area contributed by atoms with Gasteiger partial charge in [0, 0.05) is 24.0 Å². The van der Waals surface area contributed by atoms with Crippen molar-refractivity contribution in [3.63, 3.8) is 0 Å². The molecule has 0 saturated heterocycles. The van der Waals surface area contributed by atoms with Gasteiger partial charge in [-0.2, -0.15) is 0 Å². The molecule has 0 amide bonds. The van der Waals surface area contributed by atoms with Crippen LogP contribution in [0.15, 0.2) is 42.7 Å². The number of fused-ring (bicyclic) bond motifs is 1. The maximum atomic E-state index is 11.4. The van der Waals surface area contributed by atoms with Crippen molar-refractivity contribution in [2.24, 2.45) is 0 Å². The number of nitrogens with one attached hydrogen (secondary N) is 1. The lowest BCUT2D eigenvalue weighted by molar-refractivity contribution is -0.384. The van der Waals surface area contributed by atoms with Crippen LogP contribution in [0.4, 0.5) is 11.4 Å². The number of hydrogen-bond acceptors (Lipinski definition) is 5. The van der Waals surface area contributed by atoms with Gasteiger partial charge in [-0.3, -0.25) is 14.9 Å². The molecule has 0 spiro atoms. The first-order valence-corrected chi connectivity index (χ1v) is 7.42. The minimum atomic E-state index is -0.497. The fraction of sp³-hybridized carbons (Fsp3) is 0.176. The highest BCUT2D eigenvalue weighted by molar-refractivity contribution is 5.95. The monoisotopic (exact) mass is 324 g/mol. The zero-order chi connectivity index (χ0) is 17.3. The zero-order valence-corrected chi connectivity index (χ0v) is 13.3. The average molecular weight is 324 g/mol. The van der Waals surface area contributed by atoms with Crippen LogP contribution >= 0.6 is 0 Å². The van der Waals surface area contributed by atoms with Crippen LogP contribution in [0.2, 0.25) is 0 Å². The first-order chi connectivity index (χ1) is 11.5. The molecule has 0 aliphatic heterocycles. The number of imidazole rings is 1. The summed E-state index contributed by atoms with van der Waals surface area (Å²) in [6.45, 7) is 3.71. The summed E-state index contributed by atoms with van der Waals surface area (Å²) in [5, 5.41) is 14.3. The smallest absolute Gasteiger partial charge is 0.293 e. The lowest BCUT2D eigenvalue weighted by Crippen LogP contribution is -2.04. The molecule has 0 radical (unpaired) electrons. The molecule has 0 atom stereocenters. The number of anilines is 1. The number of ketones is 1. The summed E-state index contributed by atoms with van der Waals surface area (Å²) < 4.78 is 1.92. The summed E-state index contributed by atoms with van der Waals surface area (Å²) in [7, 11) is 0. The van der Waals surface area contributed by atoms with Gasteiger partial charge in [-0.15, -0.1) is 0 Å². The van der Waals surface area contributed by atoms with Gasteiger partial charge in [0.2, 0.25) is 0 Å². The molecule has 0 aliphatic rings. The maximum absolute atomic E-state index is 11.4. The molecule has 7 heteroatoms. The number of aromatic nitrogens is 2. The Bertz CT molecular complexity index is 946. The molecule has 0 unspecified atom stereocenters. The number of aryl methyl sites for hydroxylation is 1. The van der Waals surface area contributed by atoms with Gasteiger partial charge in [0.1, 0.15) is 11.3 Å². The van der Waals surface area contributed by atoms with Crippen molar-refractivity contribution in [2.75, 3.05) is 5.32 Å². The Balaban J connectivity index is 1.86. The number of nitrogens with zero attached hydrogens (tertiary/aromatic N) is 3. The predicted octanol–water partition coefficient (Wildman–Crippen LogP) is 3.37. The van der Waals surface area contributed by atoms with E-state index in [2.05, 4.69) is 10.3 Å². The van der Waals surface area contributed by atoms with Crippen molar-refractivity contribution in [3.05, 3.63) is 69.7 Å². The van der Waals surface area contributed by atoms with Crippen LogP contribution in [0, 0.1) is 17.0 Å². The molecule has 24 heavy (non-hydrogen) atoms. The molecule has 0 fully saturated rings. The number of carbonyl (C=O) groups excluding carboxylic acids is 1. The molecule has 1 aromatic carbocycles. The standard InChI is InChI=1S/C17H16N4O3/c1-11-4-3-7-20-10-14(19-17(11)20)9-18-15-6-5-13(12(2)22)8-16(15)21(23)24/h3-8,10,18H,9H2,1-2H3. The van der Waals surface area contributed by atoms with E-state index in [9.17, 15) is 14.9 Å². The van der Waals surface area contributed by atoms with E-state index in [1.807, 2.05) is 35.9 Å². The summed E-state index contributed by atoms with van der Waals surface area (Å²) >= 11 is 0. The zero-order valence-electron chi connectivity index (χ0n) is 13.3. The number of pyridine rings is 1. The lowest BCUT2D eigenvalue weighted by atomic mass is 10.1. The van der Waals surface area contributed by atoms with Crippen molar-refractivity contribution in [1.82, 2.24) is 9.38 Å². The van der Waals surface area contributed by atoms with Gasteiger partial charge in [-0.05, 0) is 37.6 Å². The predicted molar refractivity (Wildman–Crippen MR) is 90.4 cm³/mol.